The van der Waals surface area contributed by atoms with E-state index in [0.717, 1.165) is 31.0 Å². The maximum atomic E-state index is 13.0. The van der Waals surface area contributed by atoms with Gasteiger partial charge in [-0.15, -0.1) is 0 Å². The zero-order valence-electron chi connectivity index (χ0n) is 23.5. The van der Waals surface area contributed by atoms with Crippen molar-refractivity contribution in [1.82, 2.24) is 15.1 Å². The highest BCUT2D eigenvalue weighted by atomic mass is 19.4. The number of benzene rings is 2. The average molecular weight is 586 g/mol. The van der Waals surface area contributed by atoms with Crippen LogP contribution in [-0.2, 0) is 22.6 Å². The Bertz CT molecular complexity index is 1040. The fraction of sp³-hybridized carbons (Fsp3) is 0.533. The molecule has 1 saturated heterocycles. The molecule has 0 bridgehead atoms. The van der Waals surface area contributed by atoms with Crippen LogP contribution in [0.15, 0.2) is 48.5 Å². The monoisotopic (exact) mass is 585 g/mol. The van der Waals surface area contributed by atoms with Crippen LogP contribution in [0.2, 0.25) is 0 Å². The summed E-state index contributed by atoms with van der Waals surface area (Å²) in [4.78, 5) is 26.3. The molecule has 0 saturated carbocycles. The summed E-state index contributed by atoms with van der Waals surface area (Å²) in [6.07, 6.45) is -4.26. The fourth-order valence-corrected chi connectivity index (χ4v) is 3.86. The molecule has 1 aliphatic heterocycles. The summed E-state index contributed by atoms with van der Waals surface area (Å²) in [5, 5.41) is 2.75. The Kier molecular flexibility index (Phi) is 15.2. The van der Waals surface area contributed by atoms with Crippen LogP contribution in [0.1, 0.15) is 52.2 Å². The number of amides is 2. The summed E-state index contributed by atoms with van der Waals surface area (Å²) >= 11 is 0. The third kappa shape index (κ3) is 14.7. The van der Waals surface area contributed by atoms with Crippen molar-refractivity contribution in [3.63, 3.8) is 0 Å². The Balaban J connectivity index is 0.000000433. The smallest absolute Gasteiger partial charge is 0.422 e. The van der Waals surface area contributed by atoms with E-state index in [0.29, 0.717) is 30.9 Å². The molecule has 1 N–H and O–H groups in total. The SMILES string of the molecule is C.CC(=O)NCc1ccc(OCC(C)C)cc1.CN1CCC(N(Cc2ccc(F)cc2)C(=O)OCC(F)(F)F)CC1. The number of likely N-dealkylation sites (tertiary alicyclic amines) is 1. The van der Waals surface area contributed by atoms with Gasteiger partial charge in [0.2, 0.25) is 5.91 Å². The molecule has 1 heterocycles. The second kappa shape index (κ2) is 17.5. The van der Waals surface area contributed by atoms with E-state index in [-0.39, 0.29) is 25.9 Å². The number of piperidine rings is 1. The molecule has 230 valence electrons. The van der Waals surface area contributed by atoms with Gasteiger partial charge in [-0.1, -0.05) is 45.5 Å². The lowest BCUT2D eigenvalue weighted by Gasteiger charge is -2.36. The standard InChI is InChI=1S/C16H20F4N2O2.C13H19NO2.CH4/c1-21-8-6-14(7-9-21)22(15(23)24-11-16(18,19)20)10-12-2-4-13(17)5-3-12;1-10(2)9-16-13-6-4-12(5-7-13)8-14-11(3)15;/h2-5,14H,6-11H2,1H3;4-7,10H,8-9H2,1-3H3,(H,14,15);1H4. The van der Waals surface area contributed by atoms with Crippen molar-refractivity contribution >= 4 is 12.0 Å². The molecule has 0 spiro atoms. The minimum atomic E-state index is -4.57. The molecule has 0 atom stereocenters. The Morgan fingerprint density at radius 3 is 2.10 bits per heavy atom. The summed E-state index contributed by atoms with van der Waals surface area (Å²) in [6, 6.07) is 13.1. The summed E-state index contributed by atoms with van der Waals surface area (Å²) < 4.78 is 59.9. The van der Waals surface area contributed by atoms with Crippen molar-refractivity contribution in [2.45, 2.75) is 66.3 Å². The molecule has 2 aromatic rings. The van der Waals surface area contributed by atoms with E-state index in [4.69, 9.17) is 4.74 Å². The largest absolute Gasteiger partial charge is 0.493 e. The van der Waals surface area contributed by atoms with Gasteiger partial charge in [-0.05, 0) is 74.3 Å². The Morgan fingerprint density at radius 2 is 1.59 bits per heavy atom. The predicted octanol–water partition coefficient (Wildman–Crippen LogP) is 6.41. The third-order valence-corrected chi connectivity index (χ3v) is 6.04. The molecule has 41 heavy (non-hydrogen) atoms. The van der Waals surface area contributed by atoms with Crippen molar-refractivity contribution in [3.8, 4) is 5.75 Å². The minimum absolute atomic E-state index is 0. The van der Waals surface area contributed by atoms with E-state index in [1.54, 1.807) is 0 Å². The zero-order valence-corrected chi connectivity index (χ0v) is 23.5. The van der Waals surface area contributed by atoms with Gasteiger partial charge in [-0.25, -0.2) is 9.18 Å². The van der Waals surface area contributed by atoms with Gasteiger partial charge < -0.3 is 24.6 Å². The van der Waals surface area contributed by atoms with E-state index in [9.17, 15) is 27.2 Å². The molecule has 2 aromatic carbocycles. The number of carbonyl (C=O) groups excluding carboxylic acids is 2. The van der Waals surface area contributed by atoms with E-state index >= 15 is 0 Å². The first-order valence-electron chi connectivity index (χ1n) is 13.2. The highest BCUT2D eigenvalue weighted by molar-refractivity contribution is 5.72. The van der Waals surface area contributed by atoms with Crippen molar-refractivity contribution < 1.29 is 36.6 Å². The number of carbonyl (C=O) groups is 2. The van der Waals surface area contributed by atoms with Crippen LogP contribution in [0.25, 0.3) is 0 Å². The normalized spacial score (nSPS) is 13.9. The summed E-state index contributed by atoms with van der Waals surface area (Å²) in [5.41, 5.74) is 1.71. The number of hydrogen-bond acceptors (Lipinski definition) is 5. The molecule has 0 aliphatic carbocycles. The lowest BCUT2D eigenvalue weighted by Crippen LogP contribution is -2.46. The molecular weight excluding hydrogens is 542 g/mol. The van der Waals surface area contributed by atoms with Crippen molar-refractivity contribution in [3.05, 3.63) is 65.5 Å². The van der Waals surface area contributed by atoms with E-state index in [1.807, 2.05) is 31.3 Å². The van der Waals surface area contributed by atoms with Gasteiger partial charge in [0.05, 0.1) is 6.61 Å². The Labute approximate surface area is 240 Å². The molecular formula is C30H43F4N3O4. The van der Waals surface area contributed by atoms with E-state index < -0.39 is 24.7 Å². The van der Waals surface area contributed by atoms with Gasteiger partial charge in [-0.3, -0.25) is 4.79 Å². The summed E-state index contributed by atoms with van der Waals surface area (Å²) in [7, 11) is 1.95. The molecule has 11 heteroatoms. The Hall–Kier alpha value is -3.34. The first kappa shape index (κ1) is 35.7. The first-order valence-corrected chi connectivity index (χ1v) is 13.2. The highest BCUT2D eigenvalue weighted by Gasteiger charge is 2.33. The number of alkyl halides is 3. The van der Waals surface area contributed by atoms with Crippen molar-refractivity contribution in [2.75, 3.05) is 33.4 Å². The average Bonchev–Trinajstić information content (AvgIpc) is 2.90. The van der Waals surface area contributed by atoms with Crippen LogP contribution in [-0.4, -0.2) is 67.4 Å². The van der Waals surface area contributed by atoms with Gasteiger partial charge in [0.1, 0.15) is 11.6 Å². The molecule has 2 amide bonds. The third-order valence-electron chi connectivity index (χ3n) is 6.04. The second-order valence-electron chi connectivity index (χ2n) is 10.2. The molecule has 0 aromatic heterocycles. The molecule has 7 nitrogen and oxygen atoms in total. The number of rotatable bonds is 9. The molecule has 1 fully saturated rings. The van der Waals surface area contributed by atoms with Crippen LogP contribution in [0, 0.1) is 11.7 Å². The first-order chi connectivity index (χ1) is 18.8. The molecule has 1 aliphatic rings. The predicted molar refractivity (Wildman–Crippen MR) is 151 cm³/mol. The van der Waals surface area contributed by atoms with Crippen molar-refractivity contribution in [2.24, 2.45) is 5.92 Å². The van der Waals surface area contributed by atoms with Gasteiger partial charge in [-0.2, -0.15) is 13.2 Å². The quantitative estimate of drug-likeness (QED) is 0.344. The number of halogens is 4. The Morgan fingerprint density at radius 1 is 1.02 bits per heavy atom. The van der Waals surface area contributed by atoms with Gasteiger partial charge in [0.15, 0.2) is 6.61 Å². The molecule has 0 radical (unpaired) electrons. The topological polar surface area (TPSA) is 71.1 Å². The van der Waals surface area contributed by atoms with Gasteiger partial charge in [0, 0.05) is 26.1 Å². The minimum Gasteiger partial charge on any atom is -0.493 e. The zero-order chi connectivity index (χ0) is 29.7. The number of hydrogen-bond donors (Lipinski definition) is 1. The lowest BCUT2D eigenvalue weighted by atomic mass is 10.0. The van der Waals surface area contributed by atoms with Crippen LogP contribution < -0.4 is 10.1 Å². The number of ether oxygens (including phenoxy) is 2. The maximum Gasteiger partial charge on any atom is 0.422 e. The van der Waals surface area contributed by atoms with Crippen LogP contribution >= 0.6 is 0 Å². The van der Waals surface area contributed by atoms with Crippen molar-refractivity contribution in [1.29, 1.82) is 0 Å². The van der Waals surface area contributed by atoms with Crippen LogP contribution in [0.4, 0.5) is 22.4 Å². The number of nitrogens with one attached hydrogen (secondary N) is 1. The number of nitrogens with zero attached hydrogens (tertiary/aromatic N) is 2. The molecule has 0 unspecified atom stereocenters. The highest BCUT2D eigenvalue weighted by Crippen LogP contribution is 2.22. The summed E-state index contributed by atoms with van der Waals surface area (Å²) in [5.74, 6) is 0.976. The van der Waals surface area contributed by atoms with Crippen LogP contribution in [0.5, 0.6) is 5.75 Å². The molecule has 3 rings (SSSR count). The van der Waals surface area contributed by atoms with Gasteiger partial charge in [0.25, 0.3) is 0 Å². The van der Waals surface area contributed by atoms with Gasteiger partial charge >= 0.3 is 12.3 Å². The van der Waals surface area contributed by atoms with Crippen LogP contribution in [0.3, 0.4) is 0 Å². The van der Waals surface area contributed by atoms with E-state index in [1.165, 1.54) is 36.1 Å². The maximum absolute atomic E-state index is 13.0. The van der Waals surface area contributed by atoms with E-state index in [2.05, 4.69) is 28.8 Å². The fourth-order valence-electron chi connectivity index (χ4n) is 3.86. The summed E-state index contributed by atoms with van der Waals surface area (Å²) in [6.45, 7) is 7.01. The lowest BCUT2D eigenvalue weighted by molar-refractivity contribution is -0.163. The second-order valence-corrected chi connectivity index (χ2v) is 10.2.